The van der Waals surface area contributed by atoms with E-state index in [0.29, 0.717) is 6.42 Å². The number of carbonyl (C=O) groups excluding carboxylic acids is 1. The molecule has 0 heterocycles. The van der Waals surface area contributed by atoms with Crippen molar-refractivity contribution in [3.05, 3.63) is 34.9 Å². The van der Waals surface area contributed by atoms with Gasteiger partial charge in [0.2, 0.25) is 5.91 Å². The number of rotatable bonds is 5. The summed E-state index contributed by atoms with van der Waals surface area (Å²) in [5, 5.41) is 1.16. The van der Waals surface area contributed by atoms with Crippen LogP contribution in [0.4, 0.5) is 0 Å². The Bertz CT molecular complexity index is 386. The van der Waals surface area contributed by atoms with Gasteiger partial charge >= 0.3 is 0 Å². The highest BCUT2D eigenvalue weighted by atomic mass is 16.2. The first-order valence-electron chi connectivity index (χ1n) is 6.08. The summed E-state index contributed by atoms with van der Waals surface area (Å²) in [5.41, 5.74) is 4.01. The summed E-state index contributed by atoms with van der Waals surface area (Å²) >= 11 is 0. The first-order chi connectivity index (χ1) is 8.00. The minimum Gasteiger partial charge on any atom is -0.284 e. The van der Waals surface area contributed by atoms with E-state index in [2.05, 4.69) is 32.0 Å². The number of nitrogens with zero attached hydrogens (tertiary/aromatic N) is 1. The van der Waals surface area contributed by atoms with E-state index < -0.39 is 0 Å². The van der Waals surface area contributed by atoms with Crippen molar-refractivity contribution >= 4 is 5.91 Å². The molecule has 3 heteroatoms. The second-order valence-electron chi connectivity index (χ2n) is 4.64. The van der Waals surface area contributed by atoms with E-state index in [9.17, 15) is 4.79 Å². The maximum Gasteiger partial charge on any atom is 0.236 e. The van der Waals surface area contributed by atoms with Crippen molar-refractivity contribution < 1.29 is 4.79 Å². The van der Waals surface area contributed by atoms with E-state index >= 15 is 0 Å². The molecule has 0 fully saturated rings. The van der Waals surface area contributed by atoms with E-state index in [1.54, 1.807) is 7.05 Å². The Kier molecular flexibility index (Phi) is 5.16. The molecular weight excluding hydrogens is 212 g/mol. The number of hydrazine groups is 1. The number of aryl methyl sites for hydroxylation is 3. The zero-order valence-corrected chi connectivity index (χ0v) is 11.0. The van der Waals surface area contributed by atoms with Gasteiger partial charge in [0.1, 0.15) is 0 Å². The summed E-state index contributed by atoms with van der Waals surface area (Å²) in [6, 6.07) is 6.52. The van der Waals surface area contributed by atoms with Gasteiger partial charge in [0.05, 0.1) is 0 Å². The minimum atomic E-state index is 0.00552. The number of benzene rings is 1. The Balaban J connectivity index is 2.36. The Labute approximate surface area is 104 Å². The van der Waals surface area contributed by atoms with Crippen LogP contribution >= 0.6 is 0 Å². The van der Waals surface area contributed by atoms with Gasteiger partial charge in [-0.25, -0.2) is 5.84 Å². The Morgan fingerprint density at radius 3 is 2.65 bits per heavy atom. The molecule has 2 N–H and O–H groups in total. The highest BCUT2D eigenvalue weighted by Gasteiger charge is 2.04. The van der Waals surface area contributed by atoms with E-state index in [4.69, 9.17) is 5.84 Å². The second kappa shape index (κ2) is 6.40. The van der Waals surface area contributed by atoms with Crippen LogP contribution in [0, 0.1) is 13.8 Å². The number of amides is 1. The first-order valence-corrected chi connectivity index (χ1v) is 6.08. The molecule has 0 atom stereocenters. The number of hydrogen-bond donors (Lipinski definition) is 1. The summed E-state index contributed by atoms with van der Waals surface area (Å²) in [4.78, 5) is 11.3. The van der Waals surface area contributed by atoms with Crippen LogP contribution in [0.5, 0.6) is 0 Å². The molecule has 0 saturated carbocycles. The molecule has 0 aliphatic carbocycles. The van der Waals surface area contributed by atoms with Gasteiger partial charge in [0.15, 0.2) is 0 Å². The molecular formula is C14H22N2O. The van der Waals surface area contributed by atoms with Crippen LogP contribution in [0.25, 0.3) is 0 Å². The predicted molar refractivity (Wildman–Crippen MR) is 70.4 cm³/mol. The van der Waals surface area contributed by atoms with Crippen LogP contribution in [-0.2, 0) is 11.2 Å². The molecule has 1 amide bonds. The number of nitrogens with two attached hydrogens (primary N) is 1. The summed E-state index contributed by atoms with van der Waals surface area (Å²) in [5.74, 6) is 5.36. The van der Waals surface area contributed by atoms with E-state index in [1.165, 1.54) is 16.7 Å². The lowest BCUT2D eigenvalue weighted by Gasteiger charge is -2.10. The highest BCUT2D eigenvalue weighted by Crippen LogP contribution is 2.14. The zero-order chi connectivity index (χ0) is 12.8. The van der Waals surface area contributed by atoms with E-state index in [0.717, 1.165) is 24.3 Å². The monoisotopic (exact) mass is 234 g/mol. The molecule has 0 unspecified atom stereocenters. The molecule has 1 rings (SSSR count). The average Bonchev–Trinajstić information content (AvgIpc) is 2.28. The van der Waals surface area contributed by atoms with Crippen molar-refractivity contribution in [3.8, 4) is 0 Å². The fourth-order valence-corrected chi connectivity index (χ4v) is 1.84. The Hall–Kier alpha value is -1.35. The van der Waals surface area contributed by atoms with Crippen molar-refractivity contribution in [2.45, 2.75) is 39.5 Å². The van der Waals surface area contributed by atoms with Crippen molar-refractivity contribution in [3.63, 3.8) is 0 Å². The molecule has 0 aliphatic rings. The number of unbranched alkanes of at least 4 members (excludes halogenated alkanes) is 1. The van der Waals surface area contributed by atoms with Crippen molar-refractivity contribution in [1.82, 2.24) is 5.01 Å². The van der Waals surface area contributed by atoms with Gasteiger partial charge in [-0.1, -0.05) is 23.8 Å². The highest BCUT2D eigenvalue weighted by molar-refractivity contribution is 5.75. The molecule has 0 radical (unpaired) electrons. The summed E-state index contributed by atoms with van der Waals surface area (Å²) in [6.45, 7) is 4.24. The van der Waals surface area contributed by atoms with Crippen molar-refractivity contribution in [2.75, 3.05) is 7.05 Å². The molecule has 3 nitrogen and oxygen atoms in total. The molecule has 94 valence electrons. The van der Waals surface area contributed by atoms with Gasteiger partial charge in [-0.2, -0.15) is 0 Å². The van der Waals surface area contributed by atoms with Crippen LogP contribution < -0.4 is 5.84 Å². The van der Waals surface area contributed by atoms with Gasteiger partial charge in [0.25, 0.3) is 0 Å². The molecule has 0 bridgehead atoms. The van der Waals surface area contributed by atoms with E-state index in [1.807, 2.05) is 0 Å². The molecule has 0 aliphatic heterocycles. The number of carbonyl (C=O) groups is 1. The fourth-order valence-electron chi connectivity index (χ4n) is 1.84. The summed E-state index contributed by atoms with van der Waals surface area (Å²) in [7, 11) is 1.59. The lowest BCUT2D eigenvalue weighted by molar-refractivity contribution is -0.130. The topological polar surface area (TPSA) is 46.3 Å². The molecule has 1 aromatic rings. The maximum atomic E-state index is 11.3. The van der Waals surface area contributed by atoms with Gasteiger partial charge < -0.3 is 0 Å². The third-order valence-corrected chi connectivity index (χ3v) is 2.98. The van der Waals surface area contributed by atoms with Crippen molar-refractivity contribution in [2.24, 2.45) is 5.84 Å². The van der Waals surface area contributed by atoms with Gasteiger partial charge in [-0.3, -0.25) is 9.80 Å². The molecule has 1 aromatic carbocycles. The summed E-state index contributed by atoms with van der Waals surface area (Å²) in [6.07, 6.45) is 3.50. The second-order valence-corrected chi connectivity index (χ2v) is 4.64. The van der Waals surface area contributed by atoms with E-state index in [-0.39, 0.29) is 5.91 Å². The smallest absolute Gasteiger partial charge is 0.236 e. The maximum absolute atomic E-state index is 11.3. The lowest BCUT2D eigenvalue weighted by atomic mass is 10.00. The van der Waals surface area contributed by atoms with Crippen LogP contribution in [0.1, 0.15) is 36.0 Å². The largest absolute Gasteiger partial charge is 0.284 e. The van der Waals surface area contributed by atoms with Crippen LogP contribution in [0.3, 0.4) is 0 Å². The van der Waals surface area contributed by atoms with Crippen molar-refractivity contribution in [1.29, 1.82) is 0 Å². The minimum absolute atomic E-state index is 0.00552. The Morgan fingerprint density at radius 2 is 2.00 bits per heavy atom. The lowest BCUT2D eigenvalue weighted by Crippen LogP contribution is -2.32. The van der Waals surface area contributed by atoms with Gasteiger partial charge in [-0.05, 0) is 44.2 Å². The SMILES string of the molecule is Cc1ccc(C)c(CCCCC(=O)N(C)N)c1. The molecule has 0 aromatic heterocycles. The molecule has 0 saturated heterocycles. The average molecular weight is 234 g/mol. The van der Waals surface area contributed by atoms with Gasteiger partial charge in [0, 0.05) is 13.5 Å². The quantitative estimate of drug-likeness (QED) is 0.368. The van der Waals surface area contributed by atoms with Crippen LogP contribution in [0.2, 0.25) is 0 Å². The third kappa shape index (κ3) is 4.57. The van der Waals surface area contributed by atoms with Crippen LogP contribution in [-0.4, -0.2) is 18.0 Å². The number of hydrogen-bond acceptors (Lipinski definition) is 2. The Morgan fingerprint density at radius 1 is 1.29 bits per heavy atom. The predicted octanol–water partition coefficient (Wildman–Crippen LogP) is 2.35. The van der Waals surface area contributed by atoms with Gasteiger partial charge in [-0.15, -0.1) is 0 Å². The standard InChI is InChI=1S/C14H22N2O/c1-11-8-9-12(2)13(10-11)6-4-5-7-14(17)16(3)15/h8-10H,4-7,15H2,1-3H3. The first kappa shape index (κ1) is 13.7. The molecule has 17 heavy (non-hydrogen) atoms. The zero-order valence-electron chi connectivity index (χ0n) is 11.0. The van der Waals surface area contributed by atoms with Crippen LogP contribution in [0.15, 0.2) is 18.2 Å². The fraction of sp³-hybridized carbons (Fsp3) is 0.500. The summed E-state index contributed by atoms with van der Waals surface area (Å²) < 4.78 is 0. The normalized spacial score (nSPS) is 10.4. The third-order valence-electron chi connectivity index (χ3n) is 2.98. The molecule has 0 spiro atoms.